The molecule has 3 rings (SSSR count). The summed E-state index contributed by atoms with van der Waals surface area (Å²) in [4.78, 5) is 24.9. The second-order valence-electron chi connectivity index (χ2n) is 8.01. The molecule has 0 radical (unpaired) electrons. The molecule has 0 bridgehead atoms. The average Bonchev–Trinajstić information content (AvgIpc) is 3.17. The zero-order chi connectivity index (χ0) is 22.9. The number of carbonyl (C=O) groups excluding carboxylic acids is 2. The molecule has 1 aromatic carbocycles. The number of phenolic OH excluding ortho intramolecular Hbond substituents is 3. The summed E-state index contributed by atoms with van der Waals surface area (Å²) in [6.07, 6.45) is 0.444. The van der Waals surface area contributed by atoms with Gasteiger partial charge in [0.05, 0.1) is 0 Å². The van der Waals surface area contributed by atoms with Crippen molar-refractivity contribution >= 4 is 11.8 Å². The van der Waals surface area contributed by atoms with Crippen LogP contribution in [0.2, 0.25) is 0 Å². The minimum absolute atomic E-state index is 0.110. The van der Waals surface area contributed by atoms with E-state index >= 15 is 0 Å². The number of unbranched alkanes of at least 4 members (excludes halogenated alkanes) is 1. The molecule has 4 atom stereocenters. The van der Waals surface area contributed by atoms with E-state index in [9.17, 15) is 30.0 Å². The molecule has 2 heterocycles. The van der Waals surface area contributed by atoms with Crippen LogP contribution in [-0.4, -0.2) is 44.4 Å². The fourth-order valence-electron chi connectivity index (χ4n) is 4.02. The molecule has 4 unspecified atom stereocenters. The molecule has 0 aliphatic carbocycles. The molecule has 2 aliphatic rings. The molecule has 31 heavy (non-hydrogen) atoms. The zero-order valence-electron chi connectivity index (χ0n) is 17.8. The van der Waals surface area contributed by atoms with E-state index in [0.29, 0.717) is 6.42 Å². The Hall–Kier alpha value is -2.94. The maximum atomic E-state index is 12.6. The fraction of sp³-hybridized carbons (Fsp3) is 0.545. The number of phenols is 3. The van der Waals surface area contributed by atoms with E-state index < -0.39 is 35.5 Å². The van der Waals surface area contributed by atoms with Crippen molar-refractivity contribution in [3.63, 3.8) is 0 Å². The Balaban J connectivity index is 1.78. The lowest BCUT2D eigenvalue weighted by molar-refractivity contribution is -0.189. The van der Waals surface area contributed by atoms with E-state index in [4.69, 9.17) is 14.2 Å². The third-order valence-corrected chi connectivity index (χ3v) is 5.65. The Kier molecular flexibility index (Phi) is 6.35. The van der Waals surface area contributed by atoms with Gasteiger partial charge in [-0.15, -0.1) is 0 Å². The highest BCUT2D eigenvalue weighted by Gasteiger charge is 2.55. The Morgan fingerprint density at radius 2 is 1.81 bits per heavy atom. The molecule has 0 fully saturated rings. The highest BCUT2D eigenvalue weighted by Crippen LogP contribution is 2.50. The molecular formula is C22H28O9. The Morgan fingerprint density at radius 1 is 1.16 bits per heavy atom. The molecule has 0 spiro atoms. The van der Waals surface area contributed by atoms with Crippen LogP contribution in [0.5, 0.6) is 17.2 Å². The first-order chi connectivity index (χ1) is 14.6. The van der Waals surface area contributed by atoms with Crippen LogP contribution < -0.4 is 0 Å². The largest absolute Gasteiger partial charge is 0.508 e. The van der Waals surface area contributed by atoms with Crippen molar-refractivity contribution in [1.29, 1.82) is 0 Å². The topological polar surface area (TPSA) is 143 Å². The lowest BCUT2D eigenvalue weighted by atomic mass is 9.90. The number of hydrogen-bond donors (Lipinski definition) is 4. The number of ketones is 1. The number of cyclic esters (lactones) is 1. The summed E-state index contributed by atoms with van der Waals surface area (Å²) in [7, 11) is 0. The second kappa shape index (κ2) is 8.66. The molecule has 0 aromatic heterocycles. The first-order valence-electron chi connectivity index (χ1n) is 10.4. The number of aliphatic hydroxyl groups excluding tert-OH is 1. The molecule has 4 N–H and O–H groups in total. The van der Waals surface area contributed by atoms with Gasteiger partial charge in [0.25, 0.3) is 11.5 Å². The maximum Gasteiger partial charge on any atom is 0.378 e. The van der Waals surface area contributed by atoms with Gasteiger partial charge in [0.15, 0.2) is 11.9 Å². The maximum absolute atomic E-state index is 12.6. The number of Topliss-reactive ketones (excluding diaryl/α,β-unsaturated/α-hetero) is 1. The van der Waals surface area contributed by atoms with Crippen molar-refractivity contribution in [3.8, 4) is 17.2 Å². The minimum Gasteiger partial charge on any atom is -0.508 e. The van der Waals surface area contributed by atoms with Crippen LogP contribution in [0.15, 0.2) is 23.7 Å². The van der Waals surface area contributed by atoms with Crippen LogP contribution in [0.1, 0.15) is 58.4 Å². The lowest BCUT2D eigenvalue weighted by Gasteiger charge is -2.29. The summed E-state index contributed by atoms with van der Waals surface area (Å²) in [5.74, 6) is -4.80. The van der Waals surface area contributed by atoms with Crippen LogP contribution in [-0.2, 0) is 29.6 Å². The first-order valence-corrected chi connectivity index (χ1v) is 10.4. The molecule has 0 amide bonds. The molecule has 9 heteroatoms. The number of aromatic hydroxyl groups is 3. The van der Waals surface area contributed by atoms with Gasteiger partial charge in [-0.2, -0.15) is 0 Å². The zero-order valence-corrected chi connectivity index (χ0v) is 17.8. The van der Waals surface area contributed by atoms with Gasteiger partial charge in [-0.3, -0.25) is 4.79 Å². The number of hydrogen-bond acceptors (Lipinski definition) is 9. The summed E-state index contributed by atoms with van der Waals surface area (Å²) in [6, 6.07) is 1.97. The van der Waals surface area contributed by atoms with Gasteiger partial charge in [0.1, 0.15) is 34.7 Å². The summed E-state index contributed by atoms with van der Waals surface area (Å²) in [6.45, 7) is 5.31. The van der Waals surface area contributed by atoms with E-state index in [0.717, 1.165) is 31.4 Å². The van der Waals surface area contributed by atoms with Crippen molar-refractivity contribution in [2.45, 2.75) is 70.9 Å². The molecular weight excluding hydrogens is 408 g/mol. The average molecular weight is 436 g/mol. The Bertz CT molecular complexity index is 883. The summed E-state index contributed by atoms with van der Waals surface area (Å²) < 4.78 is 16.5. The van der Waals surface area contributed by atoms with Gasteiger partial charge >= 0.3 is 5.97 Å². The number of rotatable bonds is 9. The second-order valence-corrected chi connectivity index (χ2v) is 8.01. The Morgan fingerprint density at radius 3 is 2.39 bits per heavy atom. The molecule has 2 aliphatic heterocycles. The van der Waals surface area contributed by atoms with Gasteiger partial charge < -0.3 is 34.6 Å². The number of esters is 1. The molecule has 0 saturated heterocycles. The molecule has 1 aromatic rings. The van der Waals surface area contributed by atoms with Crippen LogP contribution in [0.4, 0.5) is 0 Å². The number of carbonyl (C=O) groups is 2. The first kappa shape index (κ1) is 22.7. The van der Waals surface area contributed by atoms with Gasteiger partial charge in [0.2, 0.25) is 0 Å². The van der Waals surface area contributed by atoms with Gasteiger partial charge in [-0.25, -0.2) is 4.79 Å². The summed E-state index contributed by atoms with van der Waals surface area (Å²) in [5, 5.41) is 40.5. The highest BCUT2D eigenvalue weighted by molar-refractivity contribution is 5.90. The highest BCUT2D eigenvalue weighted by atomic mass is 16.8. The van der Waals surface area contributed by atoms with Crippen molar-refractivity contribution in [1.82, 2.24) is 0 Å². The van der Waals surface area contributed by atoms with Gasteiger partial charge in [-0.05, 0) is 12.8 Å². The predicted octanol–water partition coefficient (Wildman–Crippen LogP) is 2.70. The van der Waals surface area contributed by atoms with Crippen molar-refractivity contribution in [3.05, 3.63) is 29.2 Å². The molecule has 9 nitrogen and oxygen atoms in total. The van der Waals surface area contributed by atoms with Crippen LogP contribution in [0.3, 0.4) is 0 Å². The van der Waals surface area contributed by atoms with Gasteiger partial charge in [0, 0.05) is 31.4 Å². The number of ether oxygens (including phenoxy) is 3. The quantitative estimate of drug-likeness (QED) is 0.430. The monoisotopic (exact) mass is 436 g/mol. The van der Waals surface area contributed by atoms with E-state index in [1.165, 1.54) is 6.92 Å². The van der Waals surface area contributed by atoms with Gasteiger partial charge in [-0.1, -0.05) is 26.7 Å². The fourth-order valence-corrected chi connectivity index (χ4v) is 4.02. The Labute approximate surface area is 179 Å². The predicted molar refractivity (Wildman–Crippen MR) is 107 cm³/mol. The van der Waals surface area contributed by atoms with E-state index in [1.54, 1.807) is 0 Å². The smallest absolute Gasteiger partial charge is 0.378 e. The van der Waals surface area contributed by atoms with Crippen molar-refractivity contribution in [2.24, 2.45) is 5.92 Å². The third kappa shape index (κ3) is 4.27. The minimum atomic E-state index is -1.80. The normalized spacial score (nSPS) is 24.3. The van der Waals surface area contributed by atoms with Crippen LogP contribution in [0.25, 0.3) is 0 Å². The van der Waals surface area contributed by atoms with Crippen molar-refractivity contribution in [2.75, 3.05) is 0 Å². The van der Waals surface area contributed by atoms with Crippen LogP contribution in [0, 0.1) is 5.92 Å². The SMILES string of the molecule is CCCCC(CC)C(=O)CC(O)C1OC(=O)C2=C1OC(C)(c1c(O)cc(O)cc1O)O2. The molecule has 170 valence electrons. The third-order valence-electron chi connectivity index (χ3n) is 5.65. The lowest BCUT2D eigenvalue weighted by Crippen LogP contribution is -2.36. The molecule has 0 saturated carbocycles. The summed E-state index contributed by atoms with van der Waals surface area (Å²) in [5.41, 5.74) is -0.206. The standard InChI is InChI=1S/C22H28O9/c1-4-6-7-11(5-2)13(24)10-16(27)18-19-20(21(28)29-18)31-22(3,30-19)17-14(25)8-12(23)9-15(17)26/h8-9,11,16,18,23,25-27H,4-7,10H2,1-3H3. The van der Waals surface area contributed by atoms with E-state index in [1.807, 2.05) is 13.8 Å². The van der Waals surface area contributed by atoms with Crippen molar-refractivity contribution < 1.29 is 44.2 Å². The van der Waals surface area contributed by atoms with E-state index in [-0.39, 0.29) is 41.0 Å². The van der Waals surface area contributed by atoms with E-state index in [2.05, 4.69) is 0 Å². The summed E-state index contributed by atoms with van der Waals surface area (Å²) >= 11 is 0. The number of benzene rings is 1. The number of aliphatic hydroxyl groups is 1. The van der Waals surface area contributed by atoms with Crippen LogP contribution >= 0.6 is 0 Å².